The van der Waals surface area contributed by atoms with Gasteiger partial charge < -0.3 is 14.8 Å². The third-order valence-electron chi connectivity index (χ3n) is 4.08. The highest BCUT2D eigenvalue weighted by atomic mass is 19.4. The standard InChI is InChI=1S/C21H14F3N5O3/c22-21(23,24)32-17-5-1-14(2-6-17)20(30)26-15-3-7-16(8-4-15)31-19-10-9-18(27-28-19)29-12-11-25-13-29/h1-13H,(H,26,30). The van der Waals surface area contributed by atoms with Gasteiger partial charge in [-0.1, -0.05) is 0 Å². The third-order valence-corrected chi connectivity index (χ3v) is 4.08. The van der Waals surface area contributed by atoms with Crippen molar-refractivity contribution in [1.82, 2.24) is 19.7 Å². The molecule has 2 aromatic heterocycles. The van der Waals surface area contributed by atoms with Gasteiger partial charge in [0.25, 0.3) is 5.91 Å². The van der Waals surface area contributed by atoms with Gasteiger partial charge in [0.05, 0.1) is 0 Å². The molecule has 4 aromatic rings. The van der Waals surface area contributed by atoms with Crippen molar-refractivity contribution >= 4 is 11.6 Å². The van der Waals surface area contributed by atoms with Gasteiger partial charge in [0.2, 0.25) is 5.88 Å². The fourth-order valence-corrected chi connectivity index (χ4v) is 2.64. The number of hydrogen-bond donors (Lipinski definition) is 1. The minimum Gasteiger partial charge on any atom is -0.438 e. The van der Waals surface area contributed by atoms with Gasteiger partial charge in [0, 0.05) is 29.7 Å². The second-order valence-corrected chi connectivity index (χ2v) is 6.35. The van der Waals surface area contributed by atoms with Gasteiger partial charge in [-0.3, -0.25) is 9.36 Å². The molecule has 2 heterocycles. The van der Waals surface area contributed by atoms with Crippen LogP contribution in [0.3, 0.4) is 0 Å². The van der Waals surface area contributed by atoms with Crippen molar-refractivity contribution in [2.24, 2.45) is 0 Å². The smallest absolute Gasteiger partial charge is 0.438 e. The number of benzene rings is 2. The molecule has 0 aliphatic heterocycles. The zero-order chi connectivity index (χ0) is 22.6. The molecule has 0 radical (unpaired) electrons. The molecule has 0 saturated heterocycles. The Balaban J connectivity index is 1.35. The summed E-state index contributed by atoms with van der Waals surface area (Å²) in [5.41, 5.74) is 0.646. The van der Waals surface area contributed by atoms with E-state index >= 15 is 0 Å². The van der Waals surface area contributed by atoms with Gasteiger partial charge in [0.15, 0.2) is 5.82 Å². The first-order valence-electron chi connectivity index (χ1n) is 9.13. The largest absolute Gasteiger partial charge is 0.573 e. The van der Waals surface area contributed by atoms with Crippen LogP contribution in [0.25, 0.3) is 5.82 Å². The molecular formula is C21H14F3N5O3. The van der Waals surface area contributed by atoms with Crippen molar-refractivity contribution in [3.05, 3.63) is 84.9 Å². The zero-order valence-electron chi connectivity index (χ0n) is 16.2. The van der Waals surface area contributed by atoms with Crippen LogP contribution in [0.5, 0.6) is 17.4 Å². The summed E-state index contributed by atoms with van der Waals surface area (Å²) >= 11 is 0. The van der Waals surface area contributed by atoms with E-state index in [-0.39, 0.29) is 11.4 Å². The lowest BCUT2D eigenvalue weighted by Gasteiger charge is -2.10. The summed E-state index contributed by atoms with van der Waals surface area (Å²) in [6, 6.07) is 14.5. The Hall–Kier alpha value is -4.41. The summed E-state index contributed by atoms with van der Waals surface area (Å²) in [6.07, 6.45) is 0.176. The minimum atomic E-state index is -4.79. The maximum Gasteiger partial charge on any atom is 0.573 e. The van der Waals surface area contributed by atoms with Crippen molar-refractivity contribution in [2.45, 2.75) is 6.36 Å². The molecule has 0 spiro atoms. The summed E-state index contributed by atoms with van der Waals surface area (Å²) in [6.45, 7) is 0. The number of ether oxygens (including phenoxy) is 2. The lowest BCUT2D eigenvalue weighted by molar-refractivity contribution is -0.274. The van der Waals surface area contributed by atoms with Gasteiger partial charge in [-0.05, 0) is 54.6 Å². The Morgan fingerprint density at radius 3 is 2.22 bits per heavy atom. The fraction of sp³-hybridized carbons (Fsp3) is 0.0476. The SMILES string of the molecule is O=C(Nc1ccc(Oc2ccc(-n3ccnc3)nn2)cc1)c1ccc(OC(F)(F)F)cc1. The lowest BCUT2D eigenvalue weighted by Crippen LogP contribution is -2.17. The average Bonchev–Trinajstić information content (AvgIpc) is 3.30. The van der Waals surface area contributed by atoms with E-state index in [0.29, 0.717) is 17.3 Å². The van der Waals surface area contributed by atoms with Crippen LogP contribution in [0.1, 0.15) is 10.4 Å². The van der Waals surface area contributed by atoms with Crippen LogP contribution < -0.4 is 14.8 Å². The van der Waals surface area contributed by atoms with Crippen LogP contribution in [-0.2, 0) is 0 Å². The first kappa shape index (κ1) is 20.8. The Bertz CT molecular complexity index is 1180. The molecule has 8 nitrogen and oxygen atoms in total. The molecule has 0 unspecified atom stereocenters. The zero-order valence-corrected chi connectivity index (χ0v) is 16.2. The molecule has 0 aliphatic carbocycles. The number of aromatic nitrogens is 4. The maximum atomic E-state index is 12.3. The van der Waals surface area contributed by atoms with Crippen molar-refractivity contribution in [1.29, 1.82) is 0 Å². The highest BCUT2D eigenvalue weighted by Crippen LogP contribution is 2.24. The first-order chi connectivity index (χ1) is 15.4. The summed E-state index contributed by atoms with van der Waals surface area (Å²) in [4.78, 5) is 16.2. The molecule has 0 saturated carbocycles. The summed E-state index contributed by atoms with van der Waals surface area (Å²) < 4.78 is 47.7. The predicted molar refractivity (Wildman–Crippen MR) is 107 cm³/mol. The molecule has 1 N–H and O–H groups in total. The summed E-state index contributed by atoms with van der Waals surface area (Å²) in [5.74, 6) is 0.453. The minimum absolute atomic E-state index is 0.174. The molecule has 162 valence electrons. The van der Waals surface area contributed by atoms with Crippen molar-refractivity contribution in [3.63, 3.8) is 0 Å². The third kappa shape index (κ3) is 5.39. The highest BCUT2D eigenvalue weighted by Gasteiger charge is 2.31. The van der Waals surface area contributed by atoms with Crippen LogP contribution in [0.2, 0.25) is 0 Å². The Morgan fingerprint density at radius 1 is 0.906 bits per heavy atom. The monoisotopic (exact) mass is 441 g/mol. The fourth-order valence-electron chi connectivity index (χ4n) is 2.64. The highest BCUT2D eigenvalue weighted by molar-refractivity contribution is 6.04. The number of nitrogens with one attached hydrogen (secondary N) is 1. The van der Waals surface area contributed by atoms with Crippen LogP contribution >= 0.6 is 0 Å². The molecule has 4 rings (SSSR count). The molecule has 32 heavy (non-hydrogen) atoms. The maximum absolute atomic E-state index is 12.3. The van der Waals surface area contributed by atoms with E-state index in [0.717, 1.165) is 12.1 Å². The second kappa shape index (κ2) is 8.76. The van der Waals surface area contributed by atoms with Gasteiger partial charge in [-0.2, -0.15) is 0 Å². The summed E-state index contributed by atoms with van der Waals surface area (Å²) in [7, 11) is 0. The van der Waals surface area contributed by atoms with Gasteiger partial charge >= 0.3 is 6.36 Å². The number of carbonyl (C=O) groups is 1. The number of carbonyl (C=O) groups excluding carboxylic acids is 1. The van der Waals surface area contributed by atoms with E-state index in [1.165, 1.54) is 12.1 Å². The molecule has 0 aliphatic rings. The van der Waals surface area contributed by atoms with Gasteiger partial charge in [-0.15, -0.1) is 23.4 Å². The first-order valence-corrected chi connectivity index (χ1v) is 9.13. The van der Waals surface area contributed by atoms with Crippen molar-refractivity contribution < 1.29 is 27.4 Å². The van der Waals surface area contributed by atoms with Crippen LogP contribution in [-0.4, -0.2) is 32.0 Å². The normalized spacial score (nSPS) is 11.1. The number of hydrogen-bond acceptors (Lipinski definition) is 6. The lowest BCUT2D eigenvalue weighted by atomic mass is 10.2. The van der Waals surface area contributed by atoms with E-state index < -0.39 is 18.0 Å². The predicted octanol–water partition coefficient (Wildman–Crippen LogP) is 4.61. The topological polar surface area (TPSA) is 91.2 Å². The van der Waals surface area contributed by atoms with E-state index in [1.54, 1.807) is 59.7 Å². The van der Waals surface area contributed by atoms with Crippen molar-refractivity contribution in [3.8, 4) is 23.2 Å². The Morgan fingerprint density at radius 2 is 1.62 bits per heavy atom. The van der Waals surface area contributed by atoms with E-state index in [4.69, 9.17) is 4.74 Å². The molecule has 0 atom stereocenters. The number of anilines is 1. The van der Waals surface area contributed by atoms with Crippen LogP contribution in [0.15, 0.2) is 79.4 Å². The van der Waals surface area contributed by atoms with Gasteiger partial charge in [0.1, 0.15) is 17.8 Å². The number of rotatable bonds is 6. The van der Waals surface area contributed by atoms with Gasteiger partial charge in [-0.25, -0.2) is 4.98 Å². The summed E-state index contributed by atoms with van der Waals surface area (Å²) in [5, 5.41) is 10.7. The van der Waals surface area contributed by atoms with E-state index in [9.17, 15) is 18.0 Å². The number of nitrogens with zero attached hydrogens (tertiary/aromatic N) is 4. The Labute approximate surface area is 179 Å². The van der Waals surface area contributed by atoms with Crippen LogP contribution in [0, 0.1) is 0 Å². The number of imidazole rings is 1. The second-order valence-electron chi connectivity index (χ2n) is 6.35. The molecule has 0 bridgehead atoms. The quantitative estimate of drug-likeness (QED) is 0.470. The molecule has 2 aromatic carbocycles. The number of alkyl halides is 3. The van der Waals surface area contributed by atoms with Crippen LogP contribution in [0.4, 0.5) is 18.9 Å². The van der Waals surface area contributed by atoms with E-state index in [1.807, 2.05) is 0 Å². The number of amides is 1. The average molecular weight is 441 g/mol. The molecular weight excluding hydrogens is 427 g/mol. The molecule has 0 fully saturated rings. The molecule has 11 heteroatoms. The van der Waals surface area contributed by atoms with Crippen molar-refractivity contribution in [2.75, 3.05) is 5.32 Å². The van der Waals surface area contributed by atoms with E-state index in [2.05, 4.69) is 25.2 Å². The molecule has 1 amide bonds. The Kier molecular flexibility index (Phi) is 5.71. The number of halogens is 3.